The summed E-state index contributed by atoms with van der Waals surface area (Å²) >= 11 is 6.12. The zero-order chi connectivity index (χ0) is 17.3. The lowest BCUT2D eigenvalue weighted by atomic mass is 10.1. The third kappa shape index (κ3) is 3.12. The molecule has 0 radical (unpaired) electrons. The Morgan fingerprint density at radius 3 is 2.75 bits per heavy atom. The number of benzene rings is 2. The monoisotopic (exact) mass is 344 g/mol. The van der Waals surface area contributed by atoms with Crippen molar-refractivity contribution in [3.63, 3.8) is 0 Å². The molecule has 0 bridgehead atoms. The van der Waals surface area contributed by atoms with Gasteiger partial charge >= 0.3 is 11.6 Å². The Labute approximate surface area is 142 Å². The quantitative estimate of drug-likeness (QED) is 0.577. The average Bonchev–Trinajstić information content (AvgIpc) is 2.54. The van der Waals surface area contributed by atoms with Crippen LogP contribution in [0.2, 0.25) is 5.02 Å². The van der Waals surface area contributed by atoms with E-state index in [1.54, 1.807) is 31.2 Å². The zero-order valence-electron chi connectivity index (χ0n) is 12.7. The number of carbonyl (C=O) groups is 1. The van der Waals surface area contributed by atoms with Gasteiger partial charge in [0.1, 0.15) is 23.5 Å². The molecule has 2 aromatic carbocycles. The van der Waals surface area contributed by atoms with Gasteiger partial charge in [-0.05, 0) is 36.8 Å². The van der Waals surface area contributed by atoms with Crippen molar-refractivity contribution in [3.8, 4) is 5.75 Å². The van der Waals surface area contributed by atoms with Crippen LogP contribution in [0, 0.1) is 6.92 Å². The largest absolute Gasteiger partial charge is 0.507 e. The van der Waals surface area contributed by atoms with Crippen LogP contribution in [0.4, 0.5) is 0 Å². The van der Waals surface area contributed by atoms with E-state index in [0.717, 1.165) is 5.56 Å². The molecular formula is C18H13ClO5. The van der Waals surface area contributed by atoms with E-state index in [1.165, 1.54) is 18.2 Å². The highest BCUT2D eigenvalue weighted by Crippen LogP contribution is 2.26. The minimum absolute atomic E-state index is 0.0543. The standard InChI is InChI=1S/C18H13ClO5/c1-10-6-16-13(8-14(10)19)11(7-17(21)24-16)9-23-18(22)12-4-2-3-5-15(12)20/h2-8,20H,9H2,1H3. The number of rotatable bonds is 3. The highest BCUT2D eigenvalue weighted by Gasteiger charge is 2.14. The van der Waals surface area contributed by atoms with Crippen LogP contribution in [0.1, 0.15) is 21.5 Å². The van der Waals surface area contributed by atoms with Gasteiger partial charge in [0, 0.05) is 22.0 Å². The summed E-state index contributed by atoms with van der Waals surface area (Å²) in [6.45, 7) is 1.65. The molecule has 1 N–H and O–H groups in total. The number of phenols is 1. The summed E-state index contributed by atoms with van der Waals surface area (Å²) in [5, 5.41) is 10.8. The number of carbonyl (C=O) groups excluding carboxylic acids is 1. The van der Waals surface area contributed by atoms with E-state index in [1.807, 2.05) is 0 Å². The summed E-state index contributed by atoms with van der Waals surface area (Å²) in [6.07, 6.45) is 0. The predicted octanol–water partition coefficient (Wildman–Crippen LogP) is 3.82. The molecule has 3 aromatic rings. The summed E-state index contributed by atoms with van der Waals surface area (Å²) < 4.78 is 10.4. The number of para-hydroxylation sites is 1. The Morgan fingerprint density at radius 1 is 1.25 bits per heavy atom. The number of hydrogen-bond acceptors (Lipinski definition) is 5. The highest BCUT2D eigenvalue weighted by molar-refractivity contribution is 6.32. The van der Waals surface area contributed by atoms with Gasteiger partial charge in [-0.25, -0.2) is 9.59 Å². The third-order valence-corrected chi connectivity index (χ3v) is 4.00. The van der Waals surface area contributed by atoms with Crippen LogP contribution in [0.3, 0.4) is 0 Å². The van der Waals surface area contributed by atoms with E-state index < -0.39 is 11.6 Å². The molecule has 0 aliphatic heterocycles. The van der Waals surface area contributed by atoms with Crippen molar-refractivity contribution >= 4 is 28.5 Å². The summed E-state index contributed by atoms with van der Waals surface area (Å²) in [7, 11) is 0. The second kappa shape index (κ2) is 6.37. The van der Waals surface area contributed by atoms with Crippen LogP contribution < -0.4 is 5.63 Å². The van der Waals surface area contributed by atoms with E-state index in [9.17, 15) is 14.7 Å². The van der Waals surface area contributed by atoms with E-state index in [0.29, 0.717) is 21.6 Å². The van der Waals surface area contributed by atoms with Crippen molar-refractivity contribution in [3.05, 3.63) is 74.6 Å². The summed E-state index contributed by atoms with van der Waals surface area (Å²) in [5.74, 6) is -0.855. The van der Waals surface area contributed by atoms with Crippen LogP contribution in [-0.2, 0) is 11.3 Å². The van der Waals surface area contributed by atoms with Crippen molar-refractivity contribution in [1.29, 1.82) is 0 Å². The van der Waals surface area contributed by atoms with Gasteiger partial charge in [0.15, 0.2) is 0 Å². The normalized spacial score (nSPS) is 10.8. The summed E-state index contributed by atoms with van der Waals surface area (Å²) in [4.78, 5) is 23.8. The van der Waals surface area contributed by atoms with E-state index in [2.05, 4.69) is 0 Å². The smallest absolute Gasteiger partial charge is 0.342 e. The Kier molecular flexibility index (Phi) is 4.27. The molecule has 122 valence electrons. The minimum atomic E-state index is -0.687. The summed E-state index contributed by atoms with van der Waals surface area (Å²) in [6, 6.07) is 10.6. The molecular weight excluding hydrogens is 332 g/mol. The van der Waals surface area contributed by atoms with Gasteiger partial charge in [-0.3, -0.25) is 0 Å². The number of fused-ring (bicyclic) bond motifs is 1. The molecule has 0 atom stereocenters. The maximum Gasteiger partial charge on any atom is 0.342 e. The fourth-order valence-corrected chi connectivity index (χ4v) is 2.50. The van der Waals surface area contributed by atoms with E-state index in [-0.39, 0.29) is 17.9 Å². The first-order chi connectivity index (χ1) is 11.5. The lowest BCUT2D eigenvalue weighted by Gasteiger charge is -2.09. The Balaban J connectivity index is 1.93. The van der Waals surface area contributed by atoms with Crippen LogP contribution in [-0.4, -0.2) is 11.1 Å². The molecule has 0 saturated carbocycles. The lowest BCUT2D eigenvalue weighted by Crippen LogP contribution is -2.08. The molecule has 0 saturated heterocycles. The predicted molar refractivity (Wildman–Crippen MR) is 89.5 cm³/mol. The number of esters is 1. The molecule has 0 fully saturated rings. The maximum absolute atomic E-state index is 12.1. The minimum Gasteiger partial charge on any atom is -0.507 e. The molecule has 0 amide bonds. The first-order valence-corrected chi connectivity index (χ1v) is 7.51. The number of ether oxygens (including phenoxy) is 1. The Bertz CT molecular complexity index is 990. The number of halogens is 1. The Morgan fingerprint density at radius 2 is 2.00 bits per heavy atom. The number of phenolic OH excluding ortho intramolecular Hbond substituents is 1. The van der Waals surface area contributed by atoms with Gasteiger partial charge in [0.2, 0.25) is 0 Å². The molecule has 1 aromatic heterocycles. The molecule has 6 heteroatoms. The van der Waals surface area contributed by atoms with Crippen LogP contribution >= 0.6 is 11.6 Å². The fraction of sp³-hybridized carbons (Fsp3) is 0.111. The SMILES string of the molecule is Cc1cc2oc(=O)cc(COC(=O)c3ccccc3O)c2cc1Cl. The number of aryl methyl sites for hydroxylation is 1. The van der Waals surface area contributed by atoms with Crippen LogP contribution in [0.15, 0.2) is 51.7 Å². The van der Waals surface area contributed by atoms with Crippen molar-refractivity contribution in [2.45, 2.75) is 13.5 Å². The van der Waals surface area contributed by atoms with Gasteiger partial charge in [0.25, 0.3) is 0 Å². The molecule has 0 unspecified atom stereocenters. The van der Waals surface area contributed by atoms with Gasteiger partial charge in [-0.15, -0.1) is 0 Å². The zero-order valence-corrected chi connectivity index (χ0v) is 13.5. The first-order valence-electron chi connectivity index (χ1n) is 7.13. The van der Waals surface area contributed by atoms with Crippen molar-refractivity contribution in [2.24, 2.45) is 0 Å². The third-order valence-electron chi connectivity index (χ3n) is 3.59. The van der Waals surface area contributed by atoms with Crippen molar-refractivity contribution in [1.82, 2.24) is 0 Å². The van der Waals surface area contributed by atoms with Gasteiger partial charge in [-0.2, -0.15) is 0 Å². The van der Waals surface area contributed by atoms with Gasteiger partial charge in [0.05, 0.1) is 0 Å². The van der Waals surface area contributed by atoms with E-state index >= 15 is 0 Å². The molecule has 0 spiro atoms. The molecule has 0 aliphatic carbocycles. The Hall–Kier alpha value is -2.79. The van der Waals surface area contributed by atoms with E-state index in [4.69, 9.17) is 20.8 Å². The van der Waals surface area contributed by atoms with Gasteiger partial charge in [-0.1, -0.05) is 23.7 Å². The molecule has 1 heterocycles. The molecule has 24 heavy (non-hydrogen) atoms. The number of hydrogen-bond donors (Lipinski definition) is 1. The van der Waals surface area contributed by atoms with Crippen molar-refractivity contribution in [2.75, 3.05) is 0 Å². The molecule has 3 rings (SSSR count). The first kappa shape index (κ1) is 16.1. The molecule has 0 aliphatic rings. The highest BCUT2D eigenvalue weighted by atomic mass is 35.5. The lowest BCUT2D eigenvalue weighted by molar-refractivity contribution is 0.0470. The maximum atomic E-state index is 12.1. The molecule has 5 nitrogen and oxygen atoms in total. The van der Waals surface area contributed by atoms with Gasteiger partial charge < -0.3 is 14.3 Å². The second-order valence-corrected chi connectivity index (χ2v) is 5.69. The number of aromatic hydroxyl groups is 1. The summed E-state index contributed by atoms with van der Waals surface area (Å²) in [5.41, 5.74) is 1.14. The fourth-order valence-electron chi connectivity index (χ4n) is 2.33. The topological polar surface area (TPSA) is 76.7 Å². The average molecular weight is 345 g/mol. The second-order valence-electron chi connectivity index (χ2n) is 5.28. The van der Waals surface area contributed by atoms with Crippen LogP contribution in [0.25, 0.3) is 11.0 Å². The van der Waals surface area contributed by atoms with Crippen LogP contribution in [0.5, 0.6) is 5.75 Å². The van der Waals surface area contributed by atoms with Crippen molar-refractivity contribution < 1.29 is 19.1 Å².